The number of piperidine rings is 1. The Bertz CT molecular complexity index is 1280. The molecule has 2 aromatic heterocycles. The SMILES string of the molecule is CCCS(=O)(=O)N1CCC(Cn2nc(-c3ccncc3Cl)n(-c3ccc(F)cc3)c2=O)CC1. The van der Waals surface area contributed by atoms with E-state index in [0.717, 1.165) is 0 Å². The third-order valence-electron chi connectivity index (χ3n) is 5.80. The van der Waals surface area contributed by atoms with E-state index < -0.39 is 15.8 Å². The summed E-state index contributed by atoms with van der Waals surface area (Å²) in [6.45, 7) is 3.07. The van der Waals surface area contributed by atoms with E-state index in [2.05, 4.69) is 10.1 Å². The molecule has 1 aliphatic heterocycles. The van der Waals surface area contributed by atoms with E-state index in [0.29, 0.717) is 61.0 Å². The number of pyridine rings is 1. The highest BCUT2D eigenvalue weighted by atomic mass is 35.5. The van der Waals surface area contributed by atoms with Gasteiger partial charge in [-0.15, -0.1) is 5.10 Å². The van der Waals surface area contributed by atoms with Gasteiger partial charge in [-0.1, -0.05) is 18.5 Å². The number of nitrogens with zero attached hydrogens (tertiary/aromatic N) is 5. The second-order valence-corrected chi connectivity index (χ2v) is 10.6. The van der Waals surface area contributed by atoms with Crippen molar-refractivity contribution >= 4 is 21.6 Å². The molecule has 0 radical (unpaired) electrons. The Morgan fingerprint density at radius 1 is 1.15 bits per heavy atom. The Morgan fingerprint density at radius 2 is 1.85 bits per heavy atom. The van der Waals surface area contributed by atoms with Gasteiger partial charge >= 0.3 is 5.69 Å². The number of benzene rings is 1. The smallest absolute Gasteiger partial charge is 0.263 e. The van der Waals surface area contributed by atoms with Crippen molar-refractivity contribution in [1.82, 2.24) is 23.6 Å². The number of sulfonamides is 1. The maximum atomic E-state index is 13.5. The molecule has 1 saturated heterocycles. The third-order valence-corrected chi connectivity index (χ3v) is 8.17. The van der Waals surface area contributed by atoms with Crippen LogP contribution in [-0.4, -0.2) is 50.9 Å². The first-order valence-corrected chi connectivity index (χ1v) is 12.8. The summed E-state index contributed by atoms with van der Waals surface area (Å²) in [6.07, 6.45) is 4.90. The second-order valence-electron chi connectivity index (χ2n) is 8.11. The molecular weight excluding hydrogens is 469 g/mol. The maximum Gasteiger partial charge on any atom is 0.350 e. The van der Waals surface area contributed by atoms with Crippen molar-refractivity contribution in [1.29, 1.82) is 0 Å². The largest absolute Gasteiger partial charge is 0.350 e. The summed E-state index contributed by atoms with van der Waals surface area (Å²) in [7, 11) is -3.23. The molecule has 1 aliphatic rings. The number of hydrogen-bond donors (Lipinski definition) is 0. The van der Waals surface area contributed by atoms with Crippen molar-refractivity contribution < 1.29 is 12.8 Å². The van der Waals surface area contributed by atoms with Crippen molar-refractivity contribution in [3.05, 3.63) is 64.0 Å². The first-order valence-electron chi connectivity index (χ1n) is 10.8. The van der Waals surface area contributed by atoms with Gasteiger partial charge in [0.2, 0.25) is 10.0 Å². The molecule has 0 atom stereocenters. The summed E-state index contributed by atoms with van der Waals surface area (Å²) in [4.78, 5) is 17.3. The molecule has 0 aliphatic carbocycles. The topological polar surface area (TPSA) is 90.1 Å². The normalized spacial score (nSPS) is 15.7. The average Bonchev–Trinajstić information content (AvgIpc) is 3.11. The van der Waals surface area contributed by atoms with Crippen LogP contribution in [0.2, 0.25) is 5.02 Å². The maximum absolute atomic E-state index is 13.5. The van der Waals surface area contributed by atoms with E-state index >= 15 is 0 Å². The molecule has 0 bridgehead atoms. The molecule has 0 unspecified atom stereocenters. The van der Waals surface area contributed by atoms with Crippen LogP contribution in [0.5, 0.6) is 0 Å². The van der Waals surface area contributed by atoms with Gasteiger partial charge in [-0.3, -0.25) is 4.98 Å². The first kappa shape index (κ1) is 23.6. The fourth-order valence-corrected chi connectivity index (χ4v) is 5.83. The standard InChI is InChI=1S/C22H25ClFN5O3S/c1-2-13-33(31,32)27-11-8-16(9-12-27)15-28-22(30)29(18-5-3-17(24)4-6-18)21(26-28)19-7-10-25-14-20(19)23/h3-7,10,14,16H,2,8-9,11-13,15H2,1H3. The number of rotatable bonds is 7. The van der Waals surface area contributed by atoms with Crippen LogP contribution in [0.15, 0.2) is 47.5 Å². The van der Waals surface area contributed by atoms with E-state index in [1.54, 1.807) is 12.3 Å². The van der Waals surface area contributed by atoms with Crippen molar-refractivity contribution in [3.63, 3.8) is 0 Å². The van der Waals surface area contributed by atoms with Crippen LogP contribution < -0.4 is 5.69 Å². The van der Waals surface area contributed by atoms with E-state index in [4.69, 9.17) is 11.6 Å². The zero-order valence-electron chi connectivity index (χ0n) is 18.2. The Labute approximate surface area is 196 Å². The van der Waals surface area contributed by atoms with Crippen LogP contribution in [0, 0.1) is 11.7 Å². The van der Waals surface area contributed by atoms with Gasteiger partial charge in [0.25, 0.3) is 0 Å². The van der Waals surface area contributed by atoms with Crippen molar-refractivity contribution in [2.75, 3.05) is 18.8 Å². The van der Waals surface area contributed by atoms with Crippen molar-refractivity contribution in [2.24, 2.45) is 5.92 Å². The molecule has 8 nitrogen and oxygen atoms in total. The van der Waals surface area contributed by atoms with Gasteiger partial charge < -0.3 is 0 Å². The molecule has 0 amide bonds. The molecule has 1 fully saturated rings. The highest BCUT2D eigenvalue weighted by Gasteiger charge is 2.29. The molecule has 33 heavy (non-hydrogen) atoms. The Balaban J connectivity index is 1.64. The molecule has 4 rings (SSSR count). The van der Waals surface area contributed by atoms with Gasteiger partial charge in [0.15, 0.2) is 5.82 Å². The molecule has 0 N–H and O–H groups in total. The fourth-order valence-electron chi connectivity index (χ4n) is 4.08. The first-order chi connectivity index (χ1) is 15.8. The van der Waals surface area contributed by atoms with Crippen molar-refractivity contribution in [2.45, 2.75) is 32.7 Å². The van der Waals surface area contributed by atoms with Crippen LogP contribution in [0.4, 0.5) is 4.39 Å². The fraction of sp³-hybridized carbons (Fsp3) is 0.409. The lowest BCUT2D eigenvalue weighted by Gasteiger charge is -2.30. The summed E-state index contributed by atoms with van der Waals surface area (Å²) in [5.41, 5.74) is 0.633. The predicted octanol–water partition coefficient (Wildman–Crippen LogP) is 3.34. The Kier molecular flexibility index (Phi) is 6.96. The lowest BCUT2D eigenvalue weighted by atomic mass is 9.98. The van der Waals surface area contributed by atoms with E-state index in [1.807, 2.05) is 6.92 Å². The van der Waals surface area contributed by atoms with Crippen LogP contribution in [0.1, 0.15) is 26.2 Å². The highest BCUT2D eigenvalue weighted by molar-refractivity contribution is 7.89. The minimum absolute atomic E-state index is 0.105. The second kappa shape index (κ2) is 9.74. The molecule has 11 heteroatoms. The molecule has 0 spiro atoms. The Hall–Kier alpha value is -2.56. The van der Waals surface area contributed by atoms with Crippen LogP contribution in [0.25, 0.3) is 17.1 Å². The van der Waals surface area contributed by atoms with E-state index in [9.17, 15) is 17.6 Å². The average molecular weight is 494 g/mol. The molecule has 176 valence electrons. The minimum atomic E-state index is -3.23. The van der Waals surface area contributed by atoms with Gasteiger partial charge in [-0.2, -0.15) is 0 Å². The number of aromatic nitrogens is 4. The molecule has 3 aromatic rings. The van der Waals surface area contributed by atoms with Gasteiger partial charge in [-0.05, 0) is 55.5 Å². The number of halogens is 2. The quantitative estimate of drug-likeness (QED) is 0.503. The minimum Gasteiger partial charge on any atom is -0.263 e. The lowest BCUT2D eigenvalue weighted by Crippen LogP contribution is -2.41. The van der Waals surface area contributed by atoms with Crippen molar-refractivity contribution in [3.8, 4) is 17.1 Å². The third kappa shape index (κ3) is 5.02. The molecular formula is C22H25ClFN5O3S. The Morgan fingerprint density at radius 3 is 2.48 bits per heavy atom. The molecule has 3 heterocycles. The van der Waals surface area contributed by atoms with E-state index in [1.165, 1.54) is 44.0 Å². The van der Waals surface area contributed by atoms with Gasteiger partial charge in [-0.25, -0.2) is 31.2 Å². The highest BCUT2D eigenvalue weighted by Crippen LogP contribution is 2.27. The summed E-state index contributed by atoms with van der Waals surface area (Å²) in [5, 5.41) is 4.90. The van der Waals surface area contributed by atoms with Crippen LogP contribution in [0.3, 0.4) is 0 Å². The molecule has 0 saturated carbocycles. The number of hydrogen-bond acceptors (Lipinski definition) is 5. The summed E-state index contributed by atoms with van der Waals surface area (Å²) < 4.78 is 42.5. The van der Waals surface area contributed by atoms with Crippen LogP contribution >= 0.6 is 11.6 Å². The predicted molar refractivity (Wildman–Crippen MR) is 124 cm³/mol. The monoisotopic (exact) mass is 493 g/mol. The lowest BCUT2D eigenvalue weighted by molar-refractivity contribution is 0.245. The summed E-state index contributed by atoms with van der Waals surface area (Å²) in [6, 6.07) is 7.26. The zero-order valence-corrected chi connectivity index (χ0v) is 19.8. The van der Waals surface area contributed by atoms with Gasteiger partial charge in [0, 0.05) is 37.6 Å². The van der Waals surface area contributed by atoms with Crippen LogP contribution in [-0.2, 0) is 16.6 Å². The summed E-state index contributed by atoms with van der Waals surface area (Å²) >= 11 is 6.33. The van der Waals surface area contributed by atoms with Gasteiger partial charge in [0.05, 0.1) is 16.5 Å². The van der Waals surface area contributed by atoms with Gasteiger partial charge in [0.1, 0.15) is 5.82 Å². The summed E-state index contributed by atoms with van der Waals surface area (Å²) in [5.74, 6) is 0.178. The van der Waals surface area contributed by atoms with E-state index in [-0.39, 0.29) is 17.4 Å². The molecule has 1 aromatic carbocycles. The zero-order chi connectivity index (χ0) is 23.6.